The molecule has 0 aromatic heterocycles. The normalized spacial score (nSPS) is 51.1. The van der Waals surface area contributed by atoms with Crippen LogP contribution in [0.15, 0.2) is 0 Å². The topological polar surface area (TPSA) is 345 Å². The van der Waals surface area contributed by atoms with Gasteiger partial charge in [0.05, 0.1) is 26.4 Å². The summed E-state index contributed by atoms with van der Waals surface area (Å²) in [5.74, 6) is -1.25. The molecule has 4 fully saturated rings. The van der Waals surface area contributed by atoms with E-state index in [2.05, 4.69) is 0 Å². The van der Waals surface area contributed by atoms with Crippen LogP contribution >= 0.6 is 0 Å². The Kier molecular flexibility index (Phi) is 12.4. The molecular weight excluding hydrogens is 624 g/mol. The van der Waals surface area contributed by atoms with Gasteiger partial charge in [-0.25, -0.2) is 4.79 Å². The first-order chi connectivity index (χ1) is 21.3. The molecule has 0 aliphatic carbocycles. The van der Waals surface area contributed by atoms with Gasteiger partial charge >= 0.3 is 5.97 Å². The first-order valence-corrected chi connectivity index (χ1v) is 14.0. The van der Waals surface area contributed by atoms with Crippen molar-refractivity contribution < 1.29 is 104 Å². The zero-order chi connectivity index (χ0) is 33.3. The molecule has 0 bridgehead atoms. The minimum absolute atomic E-state index is 0.787. The van der Waals surface area contributed by atoms with Gasteiger partial charge in [0.1, 0.15) is 85.5 Å². The van der Waals surface area contributed by atoms with E-state index in [1.54, 1.807) is 0 Å². The van der Waals surface area contributed by atoms with E-state index in [0.717, 1.165) is 0 Å². The van der Waals surface area contributed by atoms with Gasteiger partial charge in [-0.2, -0.15) is 0 Å². The molecule has 4 rings (SSSR count). The third-order valence-corrected chi connectivity index (χ3v) is 8.08. The molecule has 4 aliphatic rings. The lowest BCUT2D eigenvalue weighted by atomic mass is 9.95. The summed E-state index contributed by atoms with van der Waals surface area (Å²) in [5, 5.41) is 132. The summed E-state index contributed by atoms with van der Waals surface area (Å²) in [6.07, 6.45) is -34.0. The average Bonchev–Trinajstić information content (AvgIpc) is 3.03. The van der Waals surface area contributed by atoms with E-state index < -0.39 is 149 Å². The molecule has 21 nitrogen and oxygen atoms in total. The molecule has 0 unspecified atom stereocenters. The number of hydrogen-bond donors (Lipinski definition) is 13. The van der Waals surface area contributed by atoms with Crippen LogP contribution in [0.1, 0.15) is 0 Å². The number of aliphatic hydroxyl groups is 13. The molecule has 45 heavy (non-hydrogen) atoms. The van der Waals surface area contributed by atoms with E-state index >= 15 is 0 Å². The lowest BCUT2D eigenvalue weighted by molar-refractivity contribution is -0.383. The summed E-state index contributed by atoms with van der Waals surface area (Å²) >= 11 is 0. The molecular formula is C24H40O21. The molecule has 0 saturated carbocycles. The van der Waals surface area contributed by atoms with Crippen molar-refractivity contribution in [2.45, 2.75) is 117 Å². The third kappa shape index (κ3) is 7.26. The van der Waals surface area contributed by atoms with Crippen molar-refractivity contribution in [1.82, 2.24) is 0 Å². The molecule has 21 heteroatoms. The number of ether oxygens (including phenoxy) is 7. The zero-order valence-electron chi connectivity index (χ0n) is 23.4. The molecule has 4 aliphatic heterocycles. The van der Waals surface area contributed by atoms with Crippen molar-refractivity contribution in [3.63, 3.8) is 0 Å². The van der Waals surface area contributed by atoms with Crippen LogP contribution in [0.4, 0.5) is 0 Å². The first kappa shape index (κ1) is 36.5. The Morgan fingerprint density at radius 3 is 1.20 bits per heavy atom. The van der Waals surface area contributed by atoms with Crippen LogP contribution in [-0.4, -0.2) is 215 Å². The van der Waals surface area contributed by atoms with E-state index in [1.165, 1.54) is 0 Å². The zero-order valence-corrected chi connectivity index (χ0v) is 23.4. The highest BCUT2D eigenvalue weighted by Gasteiger charge is 2.55. The van der Waals surface area contributed by atoms with Crippen LogP contribution in [0.5, 0.6) is 0 Å². The largest absolute Gasteiger partial charge is 0.455 e. The fraction of sp³-hybridized carbons (Fsp3) is 0.958. The number of carbonyl (C=O) groups excluding carboxylic acids is 1. The fourth-order valence-corrected chi connectivity index (χ4v) is 5.44. The van der Waals surface area contributed by atoms with Gasteiger partial charge < -0.3 is 99.5 Å². The highest BCUT2D eigenvalue weighted by molar-refractivity contribution is 5.76. The summed E-state index contributed by atoms with van der Waals surface area (Å²) in [7, 11) is 0. The first-order valence-electron chi connectivity index (χ1n) is 14.0. The molecule has 19 atom stereocenters. The van der Waals surface area contributed by atoms with Gasteiger partial charge in [-0.1, -0.05) is 0 Å². The summed E-state index contributed by atoms with van der Waals surface area (Å²) in [4.78, 5) is 11.6. The Balaban J connectivity index is 1.43. The van der Waals surface area contributed by atoms with Crippen molar-refractivity contribution in [2.24, 2.45) is 0 Å². The van der Waals surface area contributed by atoms with Crippen LogP contribution in [0.3, 0.4) is 0 Å². The van der Waals surface area contributed by atoms with E-state index in [-0.39, 0.29) is 0 Å². The maximum absolute atomic E-state index is 11.6. The van der Waals surface area contributed by atoms with Crippen LogP contribution < -0.4 is 0 Å². The molecule has 262 valence electrons. The van der Waals surface area contributed by atoms with Crippen LogP contribution in [0.2, 0.25) is 0 Å². The number of hydrogen-bond acceptors (Lipinski definition) is 21. The van der Waals surface area contributed by atoms with Gasteiger partial charge in [0, 0.05) is 0 Å². The van der Waals surface area contributed by atoms with Crippen molar-refractivity contribution in [3.05, 3.63) is 0 Å². The highest BCUT2D eigenvalue weighted by atomic mass is 16.8. The minimum Gasteiger partial charge on any atom is -0.455 e. The van der Waals surface area contributed by atoms with Gasteiger partial charge in [-0.3, -0.25) is 0 Å². The lowest BCUT2D eigenvalue weighted by Crippen LogP contribution is -2.67. The van der Waals surface area contributed by atoms with Crippen molar-refractivity contribution in [2.75, 3.05) is 26.4 Å². The predicted octanol–water partition coefficient (Wildman–Crippen LogP) is -9.54. The number of rotatable bonds is 10. The summed E-state index contributed by atoms with van der Waals surface area (Å²) in [5.41, 5.74) is 0. The van der Waals surface area contributed by atoms with Gasteiger partial charge in [0.15, 0.2) is 31.1 Å². The predicted molar refractivity (Wildman–Crippen MR) is 133 cm³/mol. The monoisotopic (exact) mass is 664 g/mol. The van der Waals surface area contributed by atoms with E-state index in [0.29, 0.717) is 0 Å². The van der Waals surface area contributed by atoms with Crippen LogP contribution in [0.25, 0.3) is 0 Å². The van der Waals surface area contributed by atoms with Gasteiger partial charge in [-0.05, 0) is 0 Å². The molecule has 0 radical (unpaired) electrons. The Bertz CT molecular complexity index is 952. The lowest BCUT2D eigenvalue weighted by Gasteiger charge is -2.48. The molecule has 0 aromatic rings. The van der Waals surface area contributed by atoms with E-state index in [4.69, 9.17) is 33.2 Å². The highest BCUT2D eigenvalue weighted by Crippen LogP contribution is 2.33. The Morgan fingerprint density at radius 1 is 0.444 bits per heavy atom. The average molecular weight is 665 g/mol. The molecule has 0 spiro atoms. The van der Waals surface area contributed by atoms with Crippen LogP contribution in [-0.2, 0) is 38.0 Å². The second kappa shape index (κ2) is 15.3. The second-order valence-corrected chi connectivity index (χ2v) is 11.0. The molecule has 4 saturated heterocycles. The number of carbonyl (C=O) groups is 1. The smallest absolute Gasteiger partial charge is 0.338 e. The quantitative estimate of drug-likeness (QED) is 0.0964. The number of aliphatic hydroxyl groups excluding tert-OH is 13. The van der Waals surface area contributed by atoms with Gasteiger partial charge in [0.25, 0.3) is 0 Å². The second-order valence-electron chi connectivity index (χ2n) is 11.0. The summed E-state index contributed by atoms with van der Waals surface area (Å²) < 4.78 is 37.4. The SMILES string of the molecule is O=C1O[C@H](CO)[C@@H](O[C@H]2O[C@H](CO)[C@@H](O[C@H]3O[C@H](CO)[C@@H](O[C@@H]4O[C@H](CO)[C@H](O)[C@H](O)[C@H]4O)[C@H](O)[C@H]3O)[C@H](O)[C@H]2O)[C@H](O)[C@H]1O. The van der Waals surface area contributed by atoms with Crippen molar-refractivity contribution in [1.29, 1.82) is 0 Å². The van der Waals surface area contributed by atoms with Gasteiger partial charge in [0.2, 0.25) is 0 Å². The number of esters is 1. The van der Waals surface area contributed by atoms with E-state index in [9.17, 15) is 71.2 Å². The summed E-state index contributed by atoms with van der Waals surface area (Å²) in [6, 6.07) is 0. The maximum atomic E-state index is 11.6. The Morgan fingerprint density at radius 2 is 0.800 bits per heavy atom. The fourth-order valence-electron chi connectivity index (χ4n) is 5.44. The van der Waals surface area contributed by atoms with Crippen LogP contribution in [0, 0.1) is 0 Å². The van der Waals surface area contributed by atoms with Crippen molar-refractivity contribution >= 4 is 5.97 Å². The summed E-state index contributed by atoms with van der Waals surface area (Å²) in [6.45, 7) is -3.47. The van der Waals surface area contributed by atoms with Crippen molar-refractivity contribution in [3.8, 4) is 0 Å². The van der Waals surface area contributed by atoms with Gasteiger partial charge in [-0.15, -0.1) is 0 Å². The minimum atomic E-state index is -2.07. The molecule has 13 N–H and O–H groups in total. The molecule has 0 amide bonds. The Hall–Kier alpha value is -1.29. The molecule has 4 heterocycles. The Labute approximate surface area is 253 Å². The number of cyclic esters (lactones) is 1. The van der Waals surface area contributed by atoms with E-state index in [1.807, 2.05) is 0 Å². The standard InChI is InChI=1S/C24H40O21/c25-1-5-9(29)10(30)15(35)22(40-5)44-19-7(3-27)42-24(17(37)12(19)32)45-20-8(4-28)41-23(16(36)13(20)33)43-18-6(2-26)39-21(38)14(34)11(18)31/h5-20,22-37H,1-4H2/t5-,6-,7-,8-,9+,10+,11-,12-,13-,14-,15-,16-,17-,18-,19-,20-,22+,23-,24-/m1/s1. The third-order valence-electron chi connectivity index (χ3n) is 8.08. The molecule has 0 aromatic carbocycles. The maximum Gasteiger partial charge on any atom is 0.338 e.